The Hall–Kier alpha value is -1.67. The number of hydrazine groups is 1. The van der Waals surface area contributed by atoms with Gasteiger partial charge in [0.05, 0.1) is 5.69 Å². The Labute approximate surface area is 167 Å². The number of nitrogens with one attached hydrogen (secondary N) is 1. The summed E-state index contributed by atoms with van der Waals surface area (Å²) in [5, 5.41) is 2.19. The zero-order chi connectivity index (χ0) is 18.5. The lowest BCUT2D eigenvalue weighted by Crippen LogP contribution is -2.40. The van der Waals surface area contributed by atoms with E-state index in [1.807, 2.05) is 32.0 Å². The molecule has 0 atom stereocenters. The molecule has 2 aromatic carbocycles. The number of halogens is 2. The van der Waals surface area contributed by atoms with Crippen LogP contribution in [0, 0.1) is 23.2 Å². The fourth-order valence-electron chi connectivity index (χ4n) is 2.94. The molecule has 1 aliphatic heterocycles. The standard InChI is InChI=1S/C20H23FIN3O/c1-14-9-20(26-18-11-16(21)10-17(22)12-18)15(2)8-19(14)23-13-24-25-6-4-3-5-7-25/h8-13H,3-7H2,1-2H3,(H,23,24). The average molecular weight is 467 g/mol. The van der Waals surface area contributed by atoms with Gasteiger partial charge in [0.15, 0.2) is 0 Å². The number of rotatable bonds is 5. The second-order valence-corrected chi connectivity index (χ2v) is 7.79. The maximum absolute atomic E-state index is 13.6. The molecule has 0 unspecified atom stereocenters. The highest BCUT2D eigenvalue weighted by Crippen LogP contribution is 2.32. The van der Waals surface area contributed by atoms with Crippen molar-refractivity contribution in [2.24, 2.45) is 4.99 Å². The van der Waals surface area contributed by atoms with Gasteiger partial charge in [-0.1, -0.05) is 6.42 Å². The predicted molar refractivity (Wildman–Crippen MR) is 112 cm³/mol. The number of aliphatic imine (C=N–C) groups is 1. The van der Waals surface area contributed by atoms with Crippen molar-refractivity contribution in [3.05, 3.63) is 50.8 Å². The predicted octanol–water partition coefficient (Wildman–Crippen LogP) is 5.49. The first-order valence-electron chi connectivity index (χ1n) is 8.80. The van der Waals surface area contributed by atoms with Crippen LogP contribution in [-0.4, -0.2) is 24.4 Å². The van der Waals surface area contributed by atoms with E-state index in [9.17, 15) is 4.39 Å². The Kier molecular flexibility index (Phi) is 6.48. The third kappa shape index (κ3) is 5.17. The van der Waals surface area contributed by atoms with Crippen LogP contribution in [0.2, 0.25) is 0 Å². The second-order valence-electron chi connectivity index (χ2n) is 6.55. The van der Waals surface area contributed by atoms with E-state index in [0.29, 0.717) is 11.5 Å². The number of hydrogen-bond donors (Lipinski definition) is 1. The number of nitrogens with zero attached hydrogens (tertiary/aromatic N) is 2. The molecule has 26 heavy (non-hydrogen) atoms. The Morgan fingerprint density at radius 3 is 2.58 bits per heavy atom. The molecule has 0 aromatic heterocycles. The summed E-state index contributed by atoms with van der Waals surface area (Å²) in [4.78, 5) is 4.54. The zero-order valence-corrected chi connectivity index (χ0v) is 17.2. The quantitative estimate of drug-likeness (QED) is 0.359. The van der Waals surface area contributed by atoms with E-state index in [1.54, 1.807) is 6.34 Å². The van der Waals surface area contributed by atoms with Gasteiger partial charge in [-0.15, -0.1) is 0 Å². The van der Waals surface area contributed by atoms with Gasteiger partial charge in [0.1, 0.15) is 23.7 Å². The summed E-state index contributed by atoms with van der Waals surface area (Å²) in [6, 6.07) is 8.61. The van der Waals surface area contributed by atoms with Crippen LogP contribution in [0.3, 0.4) is 0 Å². The van der Waals surface area contributed by atoms with Crippen molar-refractivity contribution in [1.82, 2.24) is 10.4 Å². The Morgan fingerprint density at radius 1 is 1.08 bits per heavy atom. The maximum Gasteiger partial charge on any atom is 0.131 e. The second kappa shape index (κ2) is 8.81. The molecule has 138 valence electrons. The first-order valence-corrected chi connectivity index (χ1v) is 9.88. The van der Waals surface area contributed by atoms with Crippen LogP contribution < -0.4 is 10.2 Å². The number of piperidine rings is 1. The fraction of sp³-hybridized carbons (Fsp3) is 0.350. The Morgan fingerprint density at radius 2 is 1.85 bits per heavy atom. The van der Waals surface area contributed by atoms with E-state index in [4.69, 9.17) is 4.74 Å². The van der Waals surface area contributed by atoms with Gasteiger partial charge < -0.3 is 10.2 Å². The Balaban J connectivity index is 1.71. The van der Waals surface area contributed by atoms with Crippen LogP contribution in [0.1, 0.15) is 30.4 Å². The van der Waals surface area contributed by atoms with E-state index in [0.717, 1.165) is 33.5 Å². The van der Waals surface area contributed by atoms with E-state index in [-0.39, 0.29) is 5.82 Å². The third-order valence-electron chi connectivity index (χ3n) is 4.36. The topological polar surface area (TPSA) is 36.9 Å². The summed E-state index contributed by atoms with van der Waals surface area (Å²) in [6.07, 6.45) is 5.51. The van der Waals surface area contributed by atoms with Crippen LogP contribution in [-0.2, 0) is 0 Å². The summed E-state index contributed by atoms with van der Waals surface area (Å²) in [7, 11) is 0. The lowest BCUT2D eigenvalue weighted by Gasteiger charge is -2.25. The molecule has 0 aliphatic carbocycles. The van der Waals surface area contributed by atoms with Gasteiger partial charge >= 0.3 is 0 Å². The summed E-state index contributed by atoms with van der Waals surface area (Å²) < 4.78 is 20.2. The zero-order valence-electron chi connectivity index (χ0n) is 15.1. The first kappa shape index (κ1) is 19.1. The Bertz CT molecular complexity index is 784. The normalized spacial score (nSPS) is 15.4. The summed E-state index contributed by atoms with van der Waals surface area (Å²) >= 11 is 2.08. The molecule has 0 radical (unpaired) electrons. The number of benzene rings is 2. The molecule has 1 fully saturated rings. The molecular weight excluding hydrogens is 444 g/mol. The van der Waals surface area contributed by atoms with Crippen molar-refractivity contribution in [1.29, 1.82) is 0 Å². The number of hydrogen-bond acceptors (Lipinski definition) is 3. The minimum atomic E-state index is -0.300. The molecule has 0 bridgehead atoms. The lowest BCUT2D eigenvalue weighted by atomic mass is 10.1. The molecule has 2 aromatic rings. The minimum Gasteiger partial charge on any atom is -0.457 e. The average Bonchev–Trinajstić information content (AvgIpc) is 2.59. The largest absolute Gasteiger partial charge is 0.457 e. The molecule has 1 aliphatic rings. The molecule has 0 amide bonds. The van der Waals surface area contributed by atoms with Crippen LogP contribution in [0.5, 0.6) is 11.5 Å². The minimum absolute atomic E-state index is 0.300. The van der Waals surface area contributed by atoms with Crippen LogP contribution in [0.25, 0.3) is 0 Å². The monoisotopic (exact) mass is 467 g/mol. The van der Waals surface area contributed by atoms with E-state index >= 15 is 0 Å². The van der Waals surface area contributed by atoms with Crippen LogP contribution in [0.15, 0.2) is 35.3 Å². The van der Waals surface area contributed by atoms with Crippen molar-refractivity contribution in [3.8, 4) is 11.5 Å². The third-order valence-corrected chi connectivity index (χ3v) is 4.98. The van der Waals surface area contributed by atoms with Crippen molar-refractivity contribution in [3.63, 3.8) is 0 Å². The summed E-state index contributed by atoms with van der Waals surface area (Å²) in [5.41, 5.74) is 6.11. The van der Waals surface area contributed by atoms with Crippen molar-refractivity contribution in [2.75, 3.05) is 13.1 Å². The van der Waals surface area contributed by atoms with Gasteiger partial charge in [0.2, 0.25) is 0 Å². The molecule has 0 saturated carbocycles. The molecule has 1 heterocycles. The van der Waals surface area contributed by atoms with Crippen LogP contribution >= 0.6 is 22.6 Å². The number of aryl methyl sites for hydroxylation is 2. The summed E-state index contributed by atoms with van der Waals surface area (Å²) in [5.74, 6) is 0.915. The van der Waals surface area contributed by atoms with Crippen molar-refractivity contribution in [2.45, 2.75) is 33.1 Å². The molecule has 1 saturated heterocycles. The molecule has 0 spiro atoms. The van der Waals surface area contributed by atoms with Gasteiger partial charge in [-0.05, 0) is 84.7 Å². The SMILES string of the molecule is Cc1cc(Oc2cc(F)cc(I)c2)c(C)cc1N=CNN1CCCCC1. The smallest absolute Gasteiger partial charge is 0.131 e. The highest BCUT2D eigenvalue weighted by molar-refractivity contribution is 14.1. The number of ether oxygens (including phenoxy) is 1. The first-order chi connectivity index (χ1) is 12.5. The van der Waals surface area contributed by atoms with Gasteiger partial charge in [0.25, 0.3) is 0 Å². The molecular formula is C20H23FIN3O. The van der Waals surface area contributed by atoms with Crippen molar-refractivity contribution < 1.29 is 9.13 Å². The van der Waals surface area contributed by atoms with E-state index in [2.05, 4.69) is 38.0 Å². The van der Waals surface area contributed by atoms with Gasteiger partial charge in [-0.25, -0.2) is 14.4 Å². The highest BCUT2D eigenvalue weighted by Gasteiger charge is 2.09. The lowest BCUT2D eigenvalue weighted by molar-refractivity contribution is 0.197. The van der Waals surface area contributed by atoms with Gasteiger partial charge in [-0.3, -0.25) is 0 Å². The van der Waals surface area contributed by atoms with E-state index < -0.39 is 0 Å². The molecule has 3 rings (SSSR count). The maximum atomic E-state index is 13.6. The van der Waals surface area contributed by atoms with Gasteiger partial charge in [0, 0.05) is 22.7 Å². The molecule has 6 heteroatoms. The molecule has 1 N–H and O–H groups in total. The van der Waals surface area contributed by atoms with Gasteiger partial charge in [-0.2, -0.15) is 0 Å². The fourth-order valence-corrected chi connectivity index (χ4v) is 3.55. The van der Waals surface area contributed by atoms with Crippen molar-refractivity contribution >= 4 is 34.6 Å². The molecule has 4 nitrogen and oxygen atoms in total. The van der Waals surface area contributed by atoms with Crippen LogP contribution in [0.4, 0.5) is 10.1 Å². The van der Waals surface area contributed by atoms with E-state index in [1.165, 1.54) is 31.4 Å². The highest BCUT2D eigenvalue weighted by atomic mass is 127. The summed E-state index contributed by atoms with van der Waals surface area (Å²) in [6.45, 7) is 6.08.